The minimum absolute atomic E-state index is 0.320. The van der Waals surface area contributed by atoms with Gasteiger partial charge >= 0.3 is 0 Å². The van der Waals surface area contributed by atoms with Gasteiger partial charge in [-0.3, -0.25) is 0 Å². The van der Waals surface area contributed by atoms with Crippen molar-refractivity contribution in [2.24, 2.45) is 0 Å². The van der Waals surface area contributed by atoms with Crippen molar-refractivity contribution in [3.63, 3.8) is 0 Å². The lowest BCUT2D eigenvalue weighted by Crippen LogP contribution is -1.99. The molecule has 4 aromatic carbocycles. The van der Waals surface area contributed by atoms with Crippen LogP contribution in [0.4, 0.5) is 8.78 Å². The second kappa shape index (κ2) is 7.25. The zero-order valence-electron chi connectivity index (χ0n) is 15.4. The highest BCUT2D eigenvalue weighted by molar-refractivity contribution is 6.31. The van der Waals surface area contributed by atoms with Crippen LogP contribution in [0.25, 0.3) is 33.0 Å². The molecule has 0 bridgehead atoms. The molecule has 0 unspecified atom stereocenters. The molecule has 0 aliphatic rings. The summed E-state index contributed by atoms with van der Waals surface area (Å²) in [6.45, 7) is 1.86. The number of rotatable bonds is 3. The van der Waals surface area contributed by atoms with E-state index in [1.54, 1.807) is 24.3 Å². The summed E-state index contributed by atoms with van der Waals surface area (Å²) in [5.74, 6) is -0.219. The fourth-order valence-corrected chi connectivity index (χ4v) is 3.94. The number of fused-ring (bicyclic) bond motifs is 1. The molecule has 0 aliphatic carbocycles. The van der Waals surface area contributed by atoms with Crippen molar-refractivity contribution in [3.05, 3.63) is 89.0 Å². The van der Waals surface area contributed by atoms with Gasteiger partial charge in [-0.25, -0.2) is 8.78 Å². The molecule has 0 radical (unpaired) electrons. The molecule has 1 nitrogen and oxygen atoms in total. The summed E-state index contributed by atoms with van der Waals surface area (Å²) in [4.78, 5) is 0. The molecule has 0 amide bonds. The first-order valence-corrected chi connectivity index (χ1v) is 9.20. The van der Waals surface area contributed by atoms with Gasteiger partial charge in [-0.1, -0.05) is 54.1 Å². The van der Waals surface area contributed by atoms with Crippen LogP contribution < -0.4 is 4.74 Å². The minimum Gasteiger partial charge on any atom is -0.496 e. The zero-order valence-corrected chi connectivity index (χ0v) is 16.1. The van der Waals surface area contributed by atoms with Gasteiger partial charge in [0, 0.05) is 27.3 Å². The largest absolute Gasteiger partial charge is 0.496 e. The zero-order chi connectivity index (χ0) is 19.8. The van der Waals surface area contributed by atoms with E-state index in [9.17, 15) is 8.78 Å². The maximum atomic E-state index is 14.7. The second-order valence-corrected chi connectivity index (χ2v) is 6.99. The molecule has 0 aliphatic heterocycles. The van der Waals surface area contributed by atoms with Crippen molar-refractivity contribution in [1.29, 1.82) is 0 Å². The molecule has 140 valence electrons. The summed E-state index contributed by atoms with van der Waals surface area (Å²) in [5, 5.41) is 2.02. The van der Waals surface area contributed by atoms with E-state index in [4.69, 9.17) is 16.3 Å². The molecule has 0 saturated heterocycles. The maximum absolute atomic E-state index is 14.7. The van der Waals surface area contributed by atoms with Gasteiger partial charge in [-0.15, -0.1) is 0 Å². The Morgan fingerprint density at radius 3 is 2.04 bits per heavy atom. The Morgan fingerprint density at radius 2 is 1.36 bits per heavy atom. The van der Waals surface area contributed by atoms with Crippen LogP contribution in [0, 0.1) is 18.6 Å². The lowest BCUT2D eigenvalue weighted by Gasteiger charge is -2.21. The standard InChI is InChI=1S/C24H17ClF2O/c1-14-22(18-9-5-6-10-20(18)26)16-7-3-4-8-17(16)23(24(14)28-2)19-13-15(25)11-12-21(19)27/h3-13H,1-2H3. The monoisotopic (exact) mass is 394 g/mol. The molecule has 4 aromatic rings. The van der Waals surface area contributed by atoms with E-state index in [1.165, 1.54) is 25.3 Å². The Hall–Kier alpha value is -2.91. The highest BCUT2D eigenvalue weighted by Gasteiger charge is 2.23. The van der Waals surface area contributed by atoms with E-state index in [-0.39, 0.29) is 5.82 Å². The number of ether oxygens (including phenoxy) is 1. The van der Waals surface area contributed by atoms with Crippen molar-refractivity contribution in [2.75, 3.05) is 7.11 Å². The van der Waals surface area contributed by atoms with Gasteiger partial charge in [0.25, 0.3) is 0 Å². The molecular formula is C24H17ClF2O. The molecule has 0 heterocycles. The lowest BCUT2D eigenvalue weighted by atomic mass is 9.87. The van der Waals surface area contributed by atoms with Crippen LogP contribution in [0.15, 0.2) is 66.7 Å². The number of hydrogen-bond acceptors (Lipinski definition) is 1. The average molecular weight is 395 g/mol. The molecule has 0 atom stereocenters. The van der Waals surface area contributed by atoms with E-state index in [0.717, 1.165) is 21.9 Å². The van der Waals surface area contributed by atoms with Crippen LogP contribution in [0.1, 0.15) is 5.56 Å². The SMILES string of the molecule is COc1c(C)c(-c2ccccc2F)c2ccccc2c1-c1cc(Cl)ccc1F. The predicted octanol–water partition coefficient (Wildman–Crippen LogP) is 7.42. The van der Waals surface area contributed by atoms with Crippen LogP contribution in [-0.2, 0) is 0 Å². The average Bonchev–Trinajstić information content (AvgIpc) is 2.70. The third-order valence-electron chi connectivity index (χ3n) is 4.95. The van der Waals surface area contributed by atoms with Crippen molar-refractivity contribution in [3.8, 4) is 28.0 Å². The van der Waals surface area contributed by atoms with Crippen LogP contribution in [-0.4, -0.2) is 7.11 Å². The molecular weight excluding hydrogens is 378 g/mol. The van der Waals surface area contributed by atoms with Gasteiger partial charge in [0.1, 0.15) is 17.4 Å². The number of benzene rings is 4. The van der Waals surface area contributed by atoms with Crippen molar-refractivity contribution in [2.45, 2.75) is 6.92 Å². The molecule has 4 heteroatoms. The van der Waals surface area contributed by atoms with Gasteiger partial charge < -0.3 is 4.74 Å². The quantitative estimate of drug-likeness (QED) is 0.351. The summed E-state index contributed by atoms with van der Waals surface area (Å²) in [6.07, 6.45) is 0. The van der Waals surface area contributed by atoms with Crippen molar-refractivity contribution >= 4 is 22.4 Å². The Morgan fingerprint density at radius 1 is 0.750 bits per heavy atom. The van der Waals surface area contributed by atoms with E-state index in [2.05, 4.69) is 0 Å². The van der Waals surface area contributed by atoms with Crippen LogP contribution >= 0.6 is 11.6 Å². The molecule has 0 spiro atoms. The predicted molar refractivity (Wildman–Crippen MR) is 111 cm³/mol. The van der Waals surface area contributed by atoms with E-state index >= 15 is 0 Å². The van der Waals surface area contributed by atoms with Crippen LogP contribution in [0.3, 0.4) is 0 Å². The Kier molecular flexibility index (Phi) is 4.78. The van der Waals surface area contributed by atoms with Gasteiger partial charge in [-0.2, -0.15) is 0 Å². The van der Waals surface area contributed by atoms with Crippen molar-refractivity contribution < 1.29 is 13.5 Å². The van der Waals surface area contributed by atoms with Crippen LogP contribution in [0.2, 0.25) is 5.02 Å². The summed E-state index contributed by atoms with van der Waals surface area (Å²) in [7, 11) is 1.54. The normalized spacial score (nSPS) is 11.0. The third kappa shape index (κ3) is 2.92. The molecule has 0 saturated carbocycles. The highest BCUT2D eigenvalue weighted by Crippen LogP contribution is 2.47. The van der Waals surface area contributed by atoms with Crippen molar-refractivity contribution in [1.82, 2.24) is 0 Å². The van der Waals surface area contributed by atoms with Gasteiger partial charge in [0.05, 0.1) is 7.11 Å². The summed E-state index contributed by atoms with van der Waals surface area (Å²) < 4.78 is 35.1. The van der Waals surface area contributed by atoms with Gasteiger partial charge in [0.15, 0.2) is 0 Å². The fourth-order valence-electron chi connectivity index (χ4n) is 3.77. The first-order chi connectivity index (χ1) is 13.5. The number of methoxy groups -OCH3 is 1. The van der Waals surface area contributed by atoms with E-state index in [1.807, 2.05) is 31.2 Å². The fraction of sp³-hybridized carbons (Fsp3) is 0.0833. The Balaban J connectivity index is 2.19. The highest BCUT2D eigenvalue weighted by atomic mass is 35.5. The van der Waals surface area contributed by atoms with E-state index < -0.39 is 5.82 Å². The van der Waals surface area contributed by atoms with E-state index in [0.29, 0.717) is 27.5 Å². The summed E-state index contributed by atoms with van der Waals surface area (Å²) in [6, 6.07) is 18.6. The second-order valence-electron chi connectivity index (χ2n) is 6.56. The van der Waals surface area contributed by atoms with Crippen LogP contribution in [0.5, 0.6) is 5.75 Å². The minimum atomic E-state index is -0.397. The topological polar surface area (TPSA) is 9.23 Å². The molecule has 0 fully saturated rings. The molecule has 4 rings (SSSR count). The third-order valence-corrected chi connectivity index (χ3v) is 5.19. The van der Waals surface area contributed by atoms with Gasteiger partial charge in [-0.05, 0) is 47.5 Å². The first kappa shape index (κ1) is 18.5. The molecule has 28 heavy (non-hydrogen) atoms. The lowest BCUT2D eigenvalue weighted by molar-refractivity contribution is 0.414. The number of hydrogen-bond donors (Lipinski definition) is 0. The molecule has 0 aromatic heterocycles. The maximum Gasteiger partial charge on any atom is 0.131 e. The van der Waals surface area contributed by atoms with Gasteiger partial charge in [0.2, 0.25) is 0 Å². The Bertz CT molecular complexity index is 1200. The smallest absolute Gasteiger partial charge is 0.131 e. The first-order valence-electron chi connectivity index (χ1n) is 8.82. The summed E-state index contributed by atoms with van der Waals surface area (Å²) >= 11 is 6.14. The number of halogens is 3. The molecule has 0 N–H and O–H groups in total. The Labute approximate surface area is 167 Å². The summed E-state index contributed by atoms with van der Waals surface area (Å²) in [5.41, 5.74) is 2.91.